The monoisotopic (exact) mass is 372 g/mol. The van der Waals surface area contributed by atoms with Gasteiger partial charge >= 0.3 is 0 Å². The van der Waals surface area contributed by atoms with Gasteiger partial charge in [-0.05, 0) is 41.8 Å². The summed E-state index contributed by atoms with van der Waals surface area (Å²) in [5, 5.41) is 4.93. The molecule has 1 aliphatic rings. The molecule has 0 amide bonds. The molecule has 5 nitrogen and oxygen atoms in total. The van der Waals surface area contributed by atoms with E-state index in [1.54, 1.807) is 12.1 Å². The van der Waals surface area contributed by atoms with E-state index >= 15 is 0 Å². The van der Waals surface area contributed by atoms with Crippen molar-refractivity contribution < 1.29 is 8.91 Å². The van der Waals surface area contributed by atoms with Gasteiger partial charge in [-0.25, -0.2) is 9.37 Å². The maximum Gasteiger partial charge on any atom is 0.263 e. The Balaban J connectivity index is 1.52. The number of hydrogen-bond acceptors (Lipinski definition) is 5. The molecule has 5 rings (SSSR count). The first-order valence-electron chi connectivity index (χ1n) is 9.15. The van der Waals surface area contributed by atoms with Gasteiger partial charge in [0.2, 0.25) is 0 Å². The van der Waals surface area contributed by atoms with Crippen LogP contribution in [0, 0.1) is 5.82 Å². The highest BCUT2D eigenvalue weighted by molar-refractivity contribution is 5.98. The fraction of sp³-hybridized carbons (Fsp3) is 0.136. The van der Waals surface area contributed by atoms with Gasteiger partial charge in [0.05, 0.1) is 0 Å². The first kappa shape index (κ1) is 16.6. The SMILES string of the molecule is Fc1ccc(-c2noc3ncnc(N4CC=C(c5ccccc5)CC4)c23)cc1. The van der Waals surface area contributed by atoms with Crippen molar-refractivity contribution in [1.29, 1.82) is 0 Å². The highest BCUT2D eigenvalue weighted by Gasteiger charge is 2.22. The molecule has 6 heteroatoms. The van der Waals surface area contributed by atoms with E-state index in [9.17, 15) is 4.39 Å². The molecule has 0 unspecified atom stereocenters. The Bertz CT molecular complexity index is 1150. The fourth-order valence-electron chi connectivity index (χ4n) is 3.59. The van der Waals surface area contributed by atoms with Gasteiger partial charge in [0.15, 0.2) is 0 Å². The van der Waals surface area contributed by atoms with Crippen LogP contribution in [0.3, 0.4) is 0 Å². The van der Waals surface area contributed by atoms with E-state index in [0.29, 0.717) is 11.4 Å². The van der Waals surface area contributed by atoms with Gasteiger partial charge in [-0.3, -0.25) is 0 Å². The molecule has 0 saturated heterocycles. The van der Waals surface area contributed by atoms with E-state index in [0.717, 1.165) is 36.3 Å². The van der Waals surface area contributed by atoms with Crippen LogP contribution in [-0.4, -0.2) is 28.2 Å². The molecule has 0 atom stereocenters. The predicted octanol–water partition coefficient (Wildman–Crippen LogP) is 4.72. The van der Waals surface area contributed by atoms with Crippen LogP contribution in [-0.2, 0) is 0 Å². The minimum atomic E-state index is -0.289. The smallest absolute Gasteiger partial charge is 0.263 e. The van der Waals surface area contributed by atoms with E-state index in [2.05, 4.69) is 50.4 Å². The predicted molar refractivity (Wildman–Crippen MR) is 106 cm³/mol. The molecule has 0 radical (unpaired) electrons. The number of anilines is 1. The second-order valence-corrected chi connectivity index (χ2v) is 6.71. The molecule has 4 aromatic rings. The summed E-state index contributed by atoms with van der Waals surface area (Å²) in [6, 6.07) is 16.6. The Hall–Kier alpha value is -3.54. The number of fused-ring (bicyclic) bond motifs is 1. The standard InChI is InChI=1S/C22H17FN4O/c23-18-8-6-17(7-9-18)20-19-21(24-14-25-22(19)28-26-20)27-12-10-16(11-13-27)15-4-2-1-3-5-15/h1-10,14H,11-13H2. The van der Waals surface area contributed by atoms with Crippen molar-refractivity contribution in [2.24, 2.45) is 0 Å². The average Bonchev–Trinajstić information content (AvgIpc) is 3.19. The number of halogens is 1. The van der Waals surface area contributed by atoms with Crippen LogP contribution in [0.25, 0.3) is 27.9 Å². The topological polar surface area (TPSA) is 55.1 Å². The molecule has 1 aliphatic heterocycles. The number of aromatic nitrogens is 3. The van der Waals surface area contributed by atoms with Crippen molar-refractivity contribution in [1.82, 2.24) is 15.1 Å². The zero-order valence-corrected chi connectivity index (χ0v) is 15.0. The molecule has 28 heavy (non-hydrogen) atoms. The molecular formula is C22H17FN4O. The van der Waals surface area contributed by atoms with E-state index in [-0.39, 0.29) is 5.82 Å². The molecule has 0 aliphatic carbocycles. The molecule has 2 aromatic carbocycles. The number of benzene rings is 2. The quantitative estimate of drug-likeness (QED) is 0.521. The summed E-state index contributed by atoms with van der Waals surface area (Å²) >= 11 is 0. The maximum absolute atomic E-state index is 13.3. The number of rotatable bonds is 3. The maximum atomic E-state index is 13.3. The van der Waals surface area contributed by atoms with Gasteiger partial charge in [0.1, 0.15) is 29.0 Å². The van der Waals surface area contributed by atoms with E-state index in [4.69, 9.17) is 4.52 Å². The Kier molecular flexibility index (Phi) is 4.09. The van der Waals surface area contributed by atoms with Crippen LogP contribution in [0.2, 0.25) is 0 Å². The lowest BCUT2D eigenvalue weighted by Crippen LogP contribution is -2.29. The third kappa shape index (κ3) is 2.93. The Morgan fingerprint density at radius 1 is 0.929 bits per heavy atom. The zero-order valence-electron chi connectivity index (χ0n) is 15.0. The third-order valence-electron chi connectivity index (χ3n) is 5.02. The van der Waals surface area contributed by atoms with Crippen molar-refractivity contribution in [2.75, 3.05) is 18.0 Å². The van der Waals surface area contributed by atoms with Crippen LogP contribution < -0.4 is 4.90 Å². The highest BCUT2D eigenvalue weighted by Crippen LogP contribution is 2.34. The minimum Gasteiger partial charge on any atom is -0.352 e. The molecule has 0 N–H and O–H groups in total. The van der Waals surface area contributed by atoms with Crippen molar-refractivity contribution >= 4 is 22.5 Å². The van der Waals surface area contributed by atoms with Crippen LogP contribution in [0.5, 0.6) is 0 Å². The van der Waals surface area contributed by atoms with E-state index in [1.807, 2.05) is 6.07 Å². The molecule has 2 aromatic heterocycles. The first-order chi connectivity index (χ1) is 13.8. The highest BCUT2D eigenvalue weighted by atomic mass is 19.1. The molecule has 138 valence electrons. The fourth-order valence-corrected chi connectivity index (χ4v) is 3.59. The van der Waals surface area contributed by atoms with E-state index < -0.39 is 0 Å². The lowest BCUT2D eigenvalue weighted by molar-refractivity contribution is 0.451. The van der Waals surface area contributed by atoms with Crippen molar-refractivity contribution in [3.63, 3.8) is 0 Å². The minimum absolute atomic E-state index is 0.289. The van der Waals surface area contributed by atoms with Crippen molar-refractivity contribution in [3.8, 4) is 11.3 Å². The van der Waals surface area contributed by atoms with Crippen LogP contribution >= 0.6 is 0 Å². The van der Waals surface area contributed by atoms with Gasteiger partial charge in [0.25, 0.3) is 5.71 Å². The second kappa shape index (κ2) is 6.88. The first-order valence-corrected chi connectivity index (χ1v) is 9.15. The third-order valence-corrected chi connectivity index (χ3v) is 5.02. The van der Waals surface area contributed by atoms with Gasteiger partial charge in [0, 0.05) is 18.7 Å². The molecule has 0 bridgehead atoms. The van der Waals surface area contributed by atoms with Gasteiger partial charge in [-0.15, -0.1) is 0 Å². The normalized spacial score (nSPS) is 14.3. The summed E-state index contributed by atoms with van der Waals surface area (Å²) in [7, 11) is 0. The molecule has 3 heterocycles. The lowest BCUT2D eigenvalue weighted by Gasteiger charge is -2.28. The average molecular weight is 372 g/mol. The summed E-state index contributed by atoms with van der Waals surface area (Å²) in [6.45, 7) is 1.57. The van der Waals surface area contributed by atoms with Gasteiger partial charge < -0.3 is 9.42 Å². The number of hydrogen-bond donors (Lipinski definition) is 0. The zero-order chi connectivity index (χ0) is 18.9. The molecular weight excluding hydrogens is 355 g/mol. The summed E-state index contributed by atoms with van der Waals surface area (Å²) in [5.41, 5.74) is 4.43. The van der Waals surface area contributed by atoms with Crippen molar-refractivity contribution in [2.45, 2.75) is 6.42 Å². The Morgan fingerprint density at radius 3 is 2.50 bits per heavy atom. The largest absolute Gasteiger partial charge is 0.352 e. The van der Waals surface area contributed by atoms with Gasteiger partial charge in [-0.1, -0.05) is 41.6 Å². The summed E-state index contributed by atoms with van der Waals surface area (Å²) < 4.78 is 18.7. The van der Waals surface area contributed by atoms with E-state index in [1.165, 1.54) is 29.6 Å². The summed E-state index contributed by atoms with van der Waals surface area (Å²) in [6.07, 6.45) is 4.65. The Morgan fingerprint density at radius 2 is 1.75 bits per heavy atom. The van der Waals surface area contributed by atoms with Crippen molar-refractivity contribution in [3.05, 3.63) is 78.4 Å². The molecule has 0 spiro atoms. The lowest BCUT2D eigenvalue weighted by atomic mass is 9.99. The van der Waals surface area contributed by atoms with Crippen LogP contribution in [0.4, 0.5) is 10.2 Å². The van der Waals surface area contributed by atoms with Crippen LogP contribution in [0.1, 0.15) is 12.0 Å². The second-order valence-electron chi connectivity index (χ2n) is 6.71. The Labute approximate surface area is 161 Å². The number of nitrogens with zero attached hydrogens (tertiary/aromatic N) is 4. The summed E-state index contributed by atoms with van der Waals surface area (Å²) in [4.78, 5) is 10.9. The molecule has 0 fully saturated rings. The van der Waals surface area contributed by atoms with Crippen LogP contribution in [0.15, 0.2) is 71.5 Å². The summed E-state index contributed by atoms with van der Waals surface area (Å²) in [5.74, 6) is 0.497. The molecule has 0 saturated carbocycles. The van der Waals surface area contributed by atoms with Gasteiger partial charge in [-0.2, -0.15) is 4.98 Å².